The number of hydrogen-bond acceptors (Lipinski definition) is 3. The number of allylic oxidation sites excluding steroid dienone is 1. The van der Waals surface area contributed by atoms with Gasteiger partial charge in [0.2, 0.25) is 0 Å². The smallest absolute Gasteiger partial charge is 0.269 e. The summed E-state index contributed by atoms with van der Waals surface area (Å²) in [7, 11) is 0. The molecule has 4 nitrogen and oxygen atoms in total. The van der Waals surface area contributed by atoms with Crippen molar-refractivity contribution in [2.45, 2.75) is 20.8 Å². The molecule has 0 fully saturated rings. The lowest BCUT2D eigenvalue weighted by Crippen LogP contribution is -2.15. The Morgan fingerprint density at radius 2 is 2.00 bits per heavy atom. The van der Waals surface area contributed by atoms with Crippen LogP contribution in [0.5, 0.6) is 0 Å². The maximum absolute atomic E-state index is 11.6. The summed E-state index contributed by atoms with van der Waals surface area (Å²) in [6, 6.07) is 7.11. The van der Waals surface area contributed by atoms with Crippen molar-refractivity contribution in [2.75, 3.05) is 5.32 Å². The standard InChI is InChI=1S/C13H14N2O2/c1-8-4-5-11(6-9(8)2)15-13(17)12(7-14)10(3)16/h4-6,16H,1-3H3,(H,15,17)/b12-10-. The molecule has 4 heteroatoms. The number of aliphatic hydroxyl groups excluding tert-OH is 1. The number of aryl methyl sites for hydroxylation is 2. The summed E-state index contributed by atoms with van der Waals surface area (Å²) in [6.45, 7) is 5.21. The highest BCUT2D eigenvalue weighted by Gasteiger charge is 2.12. The van der Waals surface area contributed by atoms with Crippen molar-refractivity contribution in [3.05, 3.63) is 40.7 Å². The zero-order valence-corrected chi connectivity index (χ0v) is 10.0. The number of nitrogens with one attached hydrogen (secondary N) is 1. The van der Waals surface area contributed by atoms with Crippen molar-refractivity contribution < 1.29 is 9.90 Å². The predicted molar refractivity (Wildman–Crippen MR) is 65.5 cm³/mol. The zero-order chi connectivity index (χ0) is 13.0. The third-order valence-corrected chi connectivity index (χ3v) is 2.47. The number of benzene rings is 1. The minimum atomic E-state index is -0.601. The molecule has 0 saturated carbocycles. The van der Waals surface area contributed by atoms with Crippen LogP contribution in [0, 0.1) is 25.2 Å². The fourth-order valence-electron chi connectivity index (χ4n) is 1.31. The Balaban J connectivity index is 2.93. The van der Waals surface area contributed by atoms with Gasteiger partial charge in [0.15, 0.2) is 5.57 Å². The van der Waals surface area contributed by atoms with Crippen LogP contribution in [0.25, 0.3) is 0 Å². The second kappa shape index (κ2) is 5.17. The van der Waals surface area contributed by atoms with Gasteiger partial charge in [-0.25, -0.2) is 0 Å². The Bertz CT molecular complexity index is 521. The van der Waals surface area contributed by atoms with Gasteiger partial charge in [0.1, 0.15) is 11.8 Å². The van der Waals surface area contributed by atoms with Gasteiger partial charge in [0.25, 0.3) is 5.91 Å². The molecule has 88 valence electrons. The number of hydrogen-bond donors (Lipinski definition) is 2. The van der Waals surface area contributed by atoms with Crippen LogP contribution in [-0.2, 0) is 4.79 Å². The summed E-state index contributed by atoms with van der Waals surface area (Å²) >= 11 is 0. The van der Waals surface area contributed by atoms with E-state index in [9.17, 15) is 4.79 Å². The molecule has 0 spiro atoms. The lowest BCUT2D eigenvalue weighted by molar-refractivity contribution is -0.112. The summed E-state index contributed by atoms with van der Waals surface area (Å²) in [5.74, 6) is -0.885. The van der Waals surface area contributed by atoms with E-state index in [0.29, 0.717) is 5.69 Å². The lowest BCUT2D eigenvalue weighted by Gasteiger charge is -2.07. The van der Waals surface area contributed by atoms with E-state index in [1.165, 1.54) is 6.92 Å². The van der Waals surface area contributed by atoms with E-state index in [1.54, 1.807) is 12.1 Å². The molecule has 0 aliphatic carbocycles. The SMILES string of the molecule is C/C(O)=C(\C#N)C(=O)Nc1ccc(C)c(C)c1. The molecule has 0 saturated heterocycles. The highest BCUT2D eigenvalue weighted by atomic mass is 16.3. The summed E-state index contributed by atoms with van der Waals surface area (Å²) in [5, 5.41) is 20.4. The molecule has 1 aromatic carbocycles. The number of aliphatic hydroxyl groups is 1. The van der Waals surface area contributed by atoms with Gasteiger partial charge in [-0.2, -0.15) is 5.26 Å². The van der Waals surface area contributed by atoms with Gasteiger partial charge in [-0.1, -0.05) is 6.07 Å². The largest absolute Gasteiger partial charge is 0.511 e. The van der Waals surface area contributed by atoms with Gasteiger partial charge < -0.3 is 10.4 Å². The van der Waals surface area contributed by atoms with E-state index in [1.807, 2.05) is 26.0 Å². The van der Waals surface area contributed by atoms with Crippen molar-refractivity contribution in [3.8, 4) is 6.07 Å². The number of anilines is 1. The number of amides is 1. The van der Waals surface area contributed by atoms with Crippen LogP contribution in [0.1, 0.15) is 18.1 Å². The summed E-state index contributed by atoms with van der Waals surface area (Å²) in [6.07, 6.45) is 0. The lowest BCUT2D eigenvalue weighted by atomic mass is 10.1. The van der Waals surface area contributed by atoms with Crippen LogP contribution < -0.4 is 5.32 Å². The molecule has 1 aromatic rings. The first kappa shape index (κ1) is 12.8. The quantitative estimate of drug-likeness (QED) is 0.466. The molecule has 1 amide bonds. The molecule has 0 unspecified atom stereocenters. The van der Waals surface area contributed by atoms with Crippen LogP contribution in [0.4, 0.5) is 5.69 Å². The second-order valence-corrected chi connectivity index (χ2v) is 3.83. The molecule has 0 aliphatic rings. The zero-order valence-electron chi connectivity index (χ0n) is 10.0. The minimum Gasteiger partial charge on any atom is -0.511 e. The van der Waals surface area contributed by atoms with Crippen LogP contribution >= 0.6 is 0 Å². The maximum Gasteiger partial charge on any atom is 0.269 e. The molecule has 0 atom stereocenters. The van der Waals surface area contributed by atoms with E-state index < -0.39 is 5.91 Å². The first-order chi connectivity index (χ1) is 7.95. The summed E-state index contributed by atoms with van der Waals surface area (Å²) < 4.78 is 0. The van der Waals surface area contributed by atoms with E-state index in [-0.39, 0.29) is 11.3 Å². The number of carbonyl (C=O) groups excluding carboxylic acids is 1. The molecular weight excluding hydrogens is 216 g/mol. The molecular formula is C13H14N2O2. The van der Waals surface area contributed by atoms with E-state index in [2.05, 4.69) is 5.32 Å². The molecule has 2 N–H and O–H groups in total. The number of nitriles is 1. The fraction of sp³-hybridized carbons (Fsp3) is 0.231. The Hall–Kier alpha value is -2.28. The Labute approximate surface area is 100 Å². The van der Waals surface area contributed by atoms with E-state index >= 15 is 0 Å². The van der Waals surface area contributed by atoms with Crippen molar-refractivity contribution in [2.24, 2.45) is 0 Å². The molecule has 0 aliphatic heterocycles. The highest BCUT2D eigenvalue weighted by molar-refractivity contribution is 6.06. The van der Waals surface area contributed by atoms with Gasteiger partial charge in [0.05, 0.1) is 0 Å². The first-order valence-electron chi connectivity index (χ1n) is 5.14. The van der Waals surface area contributed by atoms with E-state index in [4.69, 9.17) is 10.4 Å². The average Bonchev–Trinajstić information content (AvgIpc) is 2.24. The summed E-state index contributed by atoms with van der Waals surface area (Å²) in [4.78, 5) is 11.6. The molecule has 0 heterocycles. The Kier molecular flexibility index (Phi) is 3.89. The second-order valence-electron chi connectivity index (χ2n) is 3.83. The molecule has 0 bridgehead atoms. The third kappa shape index (κ3) is 3.08. The maximum atomic E-state index is 11.6. The van der Waals surface area contributed by atoms with E-state index in [0.717, 1.165) is 11.1 Å². The van der Waals surface area contributed by atoms with Crippen molar-refractivity contribution in [1.29, 1.82) is 5.26 Å². The topological polar surface area (TPSA) is 73.1 Å². The van der Waals surface area contributed by atoms with Crippen molar-refractivity contribution in [3.63, 3.8) is 0 Å². The minimum absolute atomic E-state index is 0.275. The summed E-state index contributed by atoms with van der Waals surface area (Å²) in [5.41, 5.74) is 2.50. The van der Waals surface area contributed by atoms with Crippen molar-refractivity contribution in [1.82, 2.24) is 0 Å². The van der Waals surface area contributed by atoms with Crippen LogP contribution in [0.3, 0.4) is 0 Å². The van der Waals surface area contributed by atoms with Crippen LogP contribution in [-0.4, -0.2) is 11.0 Å². The van der Waals surface area contributed by atoms with Crippen molar-refractivity contribution >= 4 is 11.6 Å². The number of rotatable bonds is 2. The molecule has 17 heavy (non-hydrogen) atoms. The Morgan fingerprint density at radius 1 is 1.35 bits per heavy atom. The van der Waals surface area contributed by atoms with Gasteiger partial charge in [0, 0.05) is 5.69 Å². The van der Waals surface area contributed by atoms with Gasteiger partial charge in [-0.3, -0.25) is 4.79 Å². The fourth-order valence-corrected chi connectivity index (χ4v) is 1.31. The molecule has 0 aromatic heterocycles. The third-order valence-electron chi connectivity index (χ3n) is 2.47. The Morgan fingerprint density at radius 3 is 2.47 bits per heavy atom. The van der Waals surface area contributed by atoms with Gasteiger partial charge >= 0.3 is 0 Å². The molecule has 0 radical (unpaired) electrons. The number of nitrogens with zero attached hydrogens (tertiary/aromatic N) is 1. The van der Waals surface area contributed by atoms with Crippen LogP contribution in [0.2, 0.25) is 0 Å². The first-order valence-corrected chi connectivity index (χ1v) is 5.14. The molecule has 1 rings (SSSR count). The predicted octanol–water partition coefficient (Wildman–Crippen LogP) is 2.60. The highest BCUT2D eigenvalue weighted by Crippen LogP contribution is 2.15. The van der Waals surface area contributed by atoms with Gasteiger partial charge in [-0.05, 0) is 44.0 Å². The van der Waals surface area contributed by atoms with Gasteiger partial charge in [-0.15, -0.1) is 0 Å². The monoisotopic (exact) mass is 230 g/mol. The normalized spacial score (nSPS) is 11.4. The average molecular weight is 230 g/mol. The number of carbonyl (C=O) groups is 1. The van der Waals surface area contributed by atoms with Crippen LogP contribution in [0.15, 0.2) is 29.5 Å².